The molecular weight excluding hydrogens is 252 g/mol. The Morgan fingerprint density at radius 1 is 0.800 bits per heavy atom. The SMILES string of the molecule is O=C1C=CC(=O)C=C1.c1ccc2c(c1)[nH]c1cccn12. The fourth-order valence-corrected chi connectivity index (χ4v) is 2.06. The number of aromatic amines is 1. The van der Waals surface area contributed by atoms with Crippen molar-refractivity contribution in [3.8, 4) is 0 Å². The molecule has 0 unspecified atom stereocenters. The van der Waals surface area contributed by atoms with Gasteiger partial charge in [-0.05, 0) is 48.6 Å². The van der Waals surface area contributed by atoms with Crippen LogP contribution in [0, 0.1) is 0 Å². The van der Waals surface area contributed by atoms with Gasteiger partial charge >= 0.3 is 0 Å². The Morgan fingerprint density at radius 3 is 2.15 bits per heavy atom. The predicted octanol–water partition coefficient (Wildman–Crippen LogP) is 2.67. The van der Waals surface area contributed by atoms with Crippen molar-refractivity contribution in [1.82, 2.24) is 9.38 Å². The Labute approximate surface area is 115 Å². The number of para-hydroxylation sites is 2. The first-order valence-electron chi connectivity index (χ1n) is 6.22. The maximum Gasteiger partial charge on any atom is 0.178 e. The van der Waals surface area contributed by atoms with E-state index in [1.807, 2.05) is 12.1 Å². The van der Waals surface area contributed by atoms with Crippen LogP contribution in [0.5, 0.6) is 0 Å². The molecule has 0 radical (unpaired) electrons. The molecule has 0 saturated carbocycles. The number of fused-ring (bicyclic) bond motifs is 3. The summed E-state index contributed by atoms with van der Waals surface area (Å²) < 4.78 is 2.15. The van der Waals surface area contributed by atoms with Crippen LogP contribution in [0.25, 0.3) is 16.7 Å². The van der Waals surface area contributed by atoms with Crippen LogP contribution in [0.3, 0.4) is 0 Å². The molecule has 1 aromatic carbocycles. The highest BCUT2D eigenvalue weighted by Gasteiger charge is 1.99. The summed E-state index contributed by atoms with van der Waals surface area (Å²) in [5.41, 5.74) is 3.57. The van der Waals surface area contributed by atoms with Crippen molar-refractivity contribution in [2.75, 3.05) is 0 Å². The van der Waals surface area contributed by atoms with Gasteiger partial charge in [0.05, 0.1) is 11.0 Å². The first-order chi connectivity index (χ1) is 9.74. The minimum Gasteiger partial charge on any atom is -0.340 e. The summed E-state index contributed by atoms with van der Waals surface area (Å²) in [4.78, 5) is 23.9. The van der Waals surface area contributed by atoms with Crippen molar-refractivity contribution in [2.24, 2.45) is 0 Å². The second kappa shape index (κ2) is 5.01. The van der Waals surface area contributed by atoms with Crippen molar-refractivity contribution in [3.63, 3.8) is 0 Å². The van der Waals surface area contributed by atoms with Gasteiger partial charge in [0.2, 0.25) is 0 Å². The van der Waals surface area contributed by atoms with E-state index >= 15 is 0 Å². The molecule has 4 nitrogen and oxygen atoms in total. The van der Waals surface area contributed by atoms with Crippen LogP contribution < -0.4 is 0 Å². The smallest absolute Gasteiger partial charge is 0.178 e. The highest BCUT2D eigenvalue weighted by atomic mass is 16.1. The number of nitrogens with one attached hydrogen (secondary N) is 1. The van der Waals surface area contributed by atoms with Crippen LogP contribution in [-0.2, 0) is 9.59 Å². The van der Waals surface area contributed by atoms with Gasteiger partial charge in [0.1, 0.15) is 5.65 Å². The lowest BCUT2D eigenvalue weighted by molar-refractivity contribution is -0.113. The molecule has 0 spiro atoms. The van der Waals surface area contributed by atoms with Gasteiger partial charge in [-0.1, -0.05) is 12.1 Å². The second-order valence-corrected chi connectivity index (χ2v) is 4.38. The van der Waals surface area contributed by atoms with E-state index < -0.39 is 0 Å². The molecule has 0 fully saturated rings. The normalized spacial score (nSPS) is 13.8. The third kappa shape index (κ3) is 2.31. The minimum absolute atomic E-state index is 0.121. The van der Waals surface area contributed by atoms with E-state index in [2.05, 4.69) is 39.8 Å². The molecule has 1 aliphatic rings. The van der Waals surface area contributed by atoms with Crippen LogP contribution in [0.15, 0.2) is 66.9 Å². The molecule has 0 saturated heterocycles. The van der Waals surface area contributed by atoms with Crippen LogP contribution in [0.2, 0.25) is 0 Å². The van der Waals surface area contributed by atoms with E-state index in [4.69, 9.17) is 0 Å². The molecule has 0 atom stereocenters. The summed E-state index contributed by atoms with van der Waals surface area (Å²) in [5, 5.41) is 0. The predicted molar refractivity (Wildman–Crippen MR) is 77.5 cm³/mol. The molecule has 4 rings (SSSR count). The van der Waals surface area contributed by atoms with Crippen molar-refractivity contribution < 1.29 is 9.59 Å². The number of allylic oxidation sites excluding steroid dienone is 4. The summed E-state index contributed by atoms with van der Waals surface area (Å²) >= 11 is 0. The van der Waals surface area contributed by atoms with Gasteiger partial charge in [0.15, 0.2) is 11.6 Å². The number of rotatable bonds is 0. The average molecular weight is 264 g/mol. The lowest BCUT2D eigenvalue weighted by atomic mass is 10.2. The highest BCUT2D eigenvalue weighted by Crippen LogP contribution is 2.15. The number of ketones is 2. The molecule has 2 heterocycles. The zero-order valence-electron chi connectivity index (χ0n) is 10.6. The number of carbonyl (C=O) groups is 2. The summed E-state index contributed by atoms with van der Waals surface area (Å²) in [7, 11) is 0. The zero-order chi connectivity index (χ0) is 13.9. The van der Waals surface area contributed by atoms with Gasteiger partial charge in [-0.15, -0.1) is 0 Å². The molecular formula is C16H12N2O2. The largest absolute Gasteiger partial charge is 0.340 e. The number of H-pyrrole nitrogens is 1. The third-order valence-corrected chi connectivity index (χ3v) is 3.00. The molecule has 1 N–H and O–H groups in total. The Hall–Kier alpha value is -2.88. The maximum atomic E-state index is 10.3. The summed E-state index contributed by atoms with van der Waals surface area (Å²) in [6, 6.07) is 12.4. The Morgan fingerprint density at radius 2 is 1.45 bits per heavy atom. The van der Waals surface area contributed by atoms with Crippen LogP contribution in [-0.4, -0.2) is 21.0 Å². The standard InChI is InChI=1S/C10H8N2.C6H4O2/c1-2-5-9-8(4-1)11-10-6-3-7-12(9)10;7-5-1-2-6(8)4-3-5/h1-7,11H;1-4H. The molecule has 20 heavy (non-hydrogen) atoms. The van der Waals surface area contributed by atoms with Crippen molar-refractivity contribution in [3.05, 3.63) is 66.9 Å². The van der Waals surface area contributed by atoms with Crippen molar-refractivity contribution >= 4 is 28.2 Å². The van der Waals surface area contributed by atoms with Crippen LogP contribution >= 0.6 is 0 Å². The molecule has 98 valence electrons. The molecule has 0 bridgehead atoms. The molecule has 0 aliphatic heterocycles. The number of carbonyl (C=O) groups excluding carboxylic acids is 2. The molecule has 3 aromatic rings. The van der Waals surface area contributed by atoms with E-state index in [1.54, 1.807) is 0 Å². The molecule has 4 heteroatoms. The van der Waals surface area contributed by atoms with Gasteiger partial charge in [-0.25, -0.2) is 0 Å². The zero-order valence-corrected chi connectivity index (χ0v) is 10.6. The van der Waals surface area contributed by atoms with Gasteiger partial charge in [0.25, 0.3) is 0 Å². The van der Waals surface area contributed by atoms with E-state index in [0.29, 0.717) is 0 Å². The van der Waals surface area contributed by atoms with Gasteiger partial charge in [-0.2, -0.15) is 0 Å². The quantitative estimate of drug-likeness (QED) is 0.635. The minimum atomic E-state index is -0.121. The lowest BCUT2D eigenvalue weighted by Gasteiger charge is -1.87. The van der Waals surface area contributed by atoms with E-state index in [-0.39, 0.29) is 11.6 Å². The first kappa shape index (κ1) is 12.2. The Bertz CT molecular complexity index is 811. The maximum absolute atomic E-state index is 10.3. The number of aromatic nitrogens is 2. The van der Waals surface area contributed by atoms with Crippen LogP contribution in [0.1, 0.15) is 0 Å². The van der Waals surface area contributed by atoms with Crippen LogP contribution in [0.4, 0.5) is 0 Å². The molecule has 1 aliphatic carbocycles. The van der Waals surface area contributed by atoms with Crippen molar-refractivity contribution in [1.29, 1.82) is 0 Å². The van der Waals surface area contributed by atoms with Crippen molar-refractivity contribution in [2.45, 2.75) is 0 Å². The van der Waals surface area contributed by atoms with Gasteiger partial charge in [0, 0.05) is 6.20 Å². The summed E-state index contributed by atoms with van der Waals surface area (Å²) in [6.07, 6.45) is 7.07. The third-order valence-electron chi connectivity index (χ3n) is 3.00. The van der Waals surface area contributed by atoms with Gasteiger partial charge < -0.3 is 9.38 Å². The number of hydrogen-bond donors (Lipinski definition) is 1. The number of benzene rings is 1. The topological polar surface area (TPSA) is 54.3 Å². The fourth-order valence-electron chi connectivity index (χ4n) is 2.06. The Balaban J connectivity index is 0.000000133. The van der Waals surface area contributed by atoms with Gasteiger partial charge in [-0.3, -0.25) is 9.59 Å². The second-order valence-electron chi connectivity index (χ2n) is 4.38. The van der Waals surface area contributed by atoms with E-state index in [0.717, 1.165) is 5.65 Å². The number of nitrogens with zero attached hydrogens (tertiary/aromatic N) is 1. The number of hydrogen-bond acceptors (Lipinski definition) is 2. The summed E-state index contributed by atoms with van der Waals surface area (Å²) in [6.45, 7) is 0. The Kier molecular flexibility index (Phi) is 3.05. The lowest BCUT2D eigenvalue weighted by Crippen LogP contribution is -1.97. The first-order valence-corrected chi connectivity index (χ1v) is 6.22. The fraction of sp³-hybridized carbons (Fsp3) is 0. The highest BCUT2D eigenvalue weighted by molar-refractivity contribution is 6.14. The monoisotopic (exact) mass is 264 g/mol. The average Bonchev–Trinajstić information content (AvgIpc) is 3.03. The van der Waals surface area contributed by atoms with E-state index in [1.165, 1.54) is 35.3 Å². The molecule has 2 aromatic heterocycles. The number of imidazole rings is 1. The summed E-state index contributed by atoms with van der Waals surface area (Å²) in [5.74, 6) is -0.241. The molecule has 0 amide bonds. The van der Waals surface area contributed by atoms with E-state index in [9.17, 15) is 9.59 Å².